The van der Waals surface area contributed by atoms with Crippen molar-refractivity contribution >= 4 is 11.6 Å². The van der Waals surface area contributed by atoms with Gasteiger partial charge in [-0.3, -0.25) is 14.4 Å². The summed E-state index contributed by atoms with van der Waals surface area (Å²) in [4.78, 5) is 15.0. The third-order valence-electron chi connectivity index (χ3n) is 5.63. The van der Waals surface area contributed by atoms with Crippen LogP contribution in [0.25, 0.3) is 11.3 Å². The molecule has 0 saturated carbocycles. The highest BCUT2D eigenvalue weighted by Crippen LogP contribution is 2.32. The van der Waals surface area contributed by atoms with Gasteiger partial charge in [-0.15, -0.1) is 0 Å². The summed E-state index contributed by atoms with van der Waals surface area (Å²) < 4.78 is 21.7. The molecule has 0 radical (unpaired) electrons. The molecule has 3 aromatic rings. The number of aromatic nitrogens is 2. The molecular weight excluding hydrogens is 395 g/mol. The fourth-order valence-corrected chi connectivity index (χ4v) is 3.80. The number of carbonyl (C=O) groups excluding carboxylic acids is 1. The van der Waals surface area contributed by atoms with Crippen molar-refractivity contribution in [3.63, 3.8) is 0 Å². The molecule has 1 aliphatic heterocycles. The van der Waals surface area contributed by atoms with E-state index in [1.165, 1.54) is 18.9 Å². The van der Waals surface area contributed by atoms with Crippen molar-refractivity contribution in [2.45, 2.75) is 19.8 Å². The van der Waals surface area contributed by atoms with Gasteiger partial charge in [0.25, 0.3) is 5.91 Å². The maximum absolute atomic E-state index is 13.8. The van der Waals surface area contributed by atoms with E-state index in [2.05, 4.69) is 15.3 Å². The van der Waals surface area contributed by atoms with E-state index in [9.17, 15) is 9.18 Å². The second-order valence-electron chi connectivity index (χ2n) is 7.87. The van der Waals surface area contributed by atoms with E-state index >= 15 is 0 Å². The lowest BCUT2D eigenvalue weighted by Gasteiger charge is -2.17. The van der Waals surface area contributed by atoms with Crippen LogP contribution in [0.3, 0.4) is 0 Å². The highest BCUT2D eigenvalue weighted by atomic mass is 19.1. The monoisotopic (exact) mass is 422 g/mol. The molecule has 6 nitrogen and oxygen atoms in total. The number of rotatable bonds is 7. The fourth-order valence-electron chi connectivity index (χ4n) is 3.80. The van der Waals surface area contributed by atoms with E-state index in [0.717, 1.165) is 36.6 Å². The second kappa shape index (κ2) is 9.31. The molecule has 0 atom stereocenters. The number of amides is 1. The van der Waals surface area contributed by atoms with Crippen LogP contribution in [0.15, 0.2) is 48.7 Å². The van der Waals surface area contributed by atoms with Gasteiger partial charge in [0.05, 0.1) is 5.69 Å². The predicted molar refractivity (Wildman–Crippen MR) is 119 cm³/mol. The molecule has 162 valence electrons. The number of hydrogen-bond acceptors (Lipinski definition) is 4. The van der Waals surface area contributed by atoms with Gasteiger partial charge in [0.2, 0.25) is 0 Å². The Hall–Kier alpha value is -3.19. The Balaban J connectivity index is 1.54. The van der Waals surface area contributed by atoms with Gasteiger partial charge in [0.15, 0.2) is 0 Å². The minimum Gasteiger partial charge on any atom is -0.492 e. The van der Waals surface area contributed by atoms with Crippen LogP contribution in [0, 0.1) is 12.7 Å². The van der Waals surface area contributed by atoms with Crippen LogP contribution in [-0.4, -0.2) is 46.8 Å². The number of ether oxygens (including phenoxy) is 1. The topological polar surface area (TPSA) is 59.4 Å². The first-order valence-corrected chi connectivity index (χ1v) is 10.6. The van der Waals surface area contributed by atoms with Crippen molar-refractivity contribution in [2.75, 3.05) is 31.6 Å². The number of hydrogen-bond donors (Lipinski definition) is 1. The summed E-state index contributed by atoms with van der Waals surface area (Å²) >= 11 is 0. The zero-order valence-corrected chi connectivity index (χ0v) is 17.9. The molecule has 1 amide bonds. The third-order valence-corrected chi connectivity index (χ3v) is 5.63. The molecule has 1 N–H and O–H groups in total. The van der Waals surface area contributed by atoms with Crippen molar-refractivity contribution in [3.8, 4) is 17.0 Å². The number of benzene rings is 2. The van der Waals surface area contributed by atoms with Gasteiger partial charge in [-0.25, -0.2) is 4.39 Å². The van der Waals surface area contributed by atoms with Crippen molar-refractivity contribution < 1.29 is 13.9 Å². The van der Waals surface area contributed by atoms with Gasteiger partial charge in [-0.1, -0.05) is 6.07 Å². The number of nitrogens with zero attached hydrogens (tertiary/aromatic N) is 3. The minimum atomic E-state index is -0.398. The summed E-state index contributed by atoms with van der Waals surface area (Å²) in [6.45, 7) is 5.41. The van der Waals surface area contributed by atoms with Crippen LogP contribution in [0.2, 0.25) is 0 Å². The lowest BCUT2D eigenvalue weighted by Crippen LogP contribution is -2.25. The standard InChI is InChI=1S/C24H27FN4O2/c1-17-5-6-18(15-21(17)25)24(30)27-19-7-8-23(31-14-13-29-11-3-4-12-29)20(16-19)22-9-10-26-28(22)2/h5-10,15-16H,3-4,11-14H2,1-2H3,(H,27,30). The molecule has 7 heteroatoms. The largest absolute Gasteiger partial charge is 0.492 e. The lowest BCUT2D eigenvalue weighted by atomic mass is 10.1. The molecule has 31 heavy (non-hydrogen) atoms. The predicted octanol–water partition coefficient (Wildman–Crippen LogP) is 4.26. The number of likely N-dealkylation sites (tertiary alicyclic amines) is 1. The van der Waals surface area contributed by atoms with Gasteiger partial charge >= 0.3 is 0 Å². The Morgan fingerprint density at radius 1 is 1.16 bits per heavy atom. The summed E-state index contributed by atoms with van der Waals surface area (Å²) in [5.41, 5.74) is 3.11. The lowest BCUT2D eigenvalue weighted by molar-refractivity contribution is 0.102. The molecule has 0 bridgehead atoms. The average Bonchev–Trinajstić information content (AvgIpc) is 3.42. The van der Waals surface area contributed by atoms with Gasteiger partial charge in [0.1, 0.15) is 18.2 Å². The molecule has 1 aliphatic rings. The third kappa shape index (κ3) is 4.94. The van der Waals surface area contributed by atoms with E-state index in [-0.39, 0.29) is 11.5 Å². The average molecular weight is 423 g/mol. The highest BCUT2D eigenvalue weighted by molar-refractivity contribution is 6.04. The molecule has 1 saturated heterocycles. The Bertz CT molecular complexity index is 1070. The van der Waals surface area contributed by atoms with Crippen molar-refractivity contribution in [2.24, 2.45) is 7.05 Å². The molecule has 1 aromatic heterocycles. The first kappa shape index (κ1) is 21.1. The summed E-state index contributed by atoms with van der Waals surface area (Å²) in [6, 6.07) is 11.9. The number of carbonyl (C=O) groups is 1. The minimum absolute atomic E-state index is 0.274. The Morgan fingerprint density at radius 2 is 1.97 bits per heavy atom. The smallest absolute Gasteiger partial charge is 0.255 e. The number of anilines is 1. The zero-order chi connectivity index (χ0) is 21.8. The molecule has 0 unspecified atom stereocenters. The summed E-state index contributed by atoms with van der Waals surface area (Å²) in [5, 5.41) is 7.11. The second-order valence-corrected chi connectivity index (χ2v) is 7.87. The van der Waals surface area contributed by atoms with Gasteiger partial charge in [-0.2, -0.15) is 5.10 Å². The molecule has 2 aromatic carbocycles. The summed E-state index contributed by atoms with van der Waals surface area (Å²) in [6.07, 6.45) is 4.22. The van der Waals surface area contributed by atoms with E-state index in [1.807, 2.05) is 25.2 Å². The summed E-state index contributed by atoms with van der Waals surface area (Å²) in [7, 11) is 1.86. The maximum Gasteiger partial charge on any atom is 0.255 e. The van der Waals surface area contributed by atoms with Gasteiger partial charge in [0, 0.05) is 36.6 Å². The van der Waals surface area contributed by atoms with Crippen LogP contribution in [0.4, 0.5) is 10.1 Å². The summed E-state index contributed by atoms with van der Waals surface area (Å²) in [5.74, 6) is -0.0234. The van der Waals surface area contributed by atoms with Crippen molar-refractivity contribution in [1.82, 2.24) is 14.7 Å². The van der Waals surface area contributed by atoms with E-state index in [4.69, 9.17) is 4.74 Å². The number of aryl methyl sites for hydroxylation is 2. The maximum atomic E-state index is 13.8. The molecule has 0 aliphatic carbocycles. The highest BCUT2D eigenvalue weighted by Gasteiger charge is 2.15. The molecule has 4 rings (SSSR count). The van der Waals surface area contributed by atoms with Crippen LogP contribution >= 0.6 is 0 Å². The Labute approximate surface area is 181 Å². The zero-order valence-electron chi connectivity index (χ0n) is 17.9. The fraction of sp³-hybridized carbons (Fsp3) is 0.333. The van der Waals surface area contributed by atoms with E-state index < -0.39 is 5.82 Å². The van der Waals surface area contributed by atoms with Crippen molar-refractivity contribution in [1.29, 1.82) is 0 Å². The SMILES string of the molecule is Cc1ccc(C(=O)Nc2ccc(OCCN3CCCC3)c(-c3ccnn3C)c2)cc1F. The molecule has 1 fully saturated rings. The van der Waals surface area contributed by atoms with Crippen LogP contribution in [0.5, 0.6) is 5.75 Å². The first-order chi connectivity index (χ1) is 15.0. The molecule has 0 spiro atoms. The van der Waals surface area contributed by atoms with Crippen LogP contribution < -0.4 is 10.1 Å². The molecule has 2 heterocycles. The van der Waals surface area contributed by atoms with E-state index in [1.54, 1.807) is 36.0 Å². The first-order valence-electron chi connectivity index (χ1n) is 10.6. The van der Waals surface area contributed by atoms with Crippen molar-refractivity contribution in [3.05, 3.63) is 65.6 Å². The van der Waals surface area contributed by atoms with Crippen LogP contribution in [0.1, 0.15) is 28.8 Å². The number of nitrogens with one attached hydrogen (secondary N) is 1. The Morgan fingerprint density at radius 3 is 2.68 bits per heavy atom. The molecular formula is C24H27FN4O2. The van der Waals surface area contributed by atoms with E-state index in [0.29, 0.717) is 17.9 Å². The van der Waals surface area contributed by atoms with Crippen LogP contribution in [-0.2, 0) is 7.05 Å². The van der Waals surface area contributed by atoms with Gasteiger partial charge < -0.3 is 10.1 Å². The quantitative estimate of drug-likeness (QED) is 0.618. The van der Waals surface area contributed by atoms with Gasteiger partial charge in [-0.05, 0) is 74.8 Å². The number of halogens is 1. The normalized spacial score (nSPS) is 14.0. The Kier molecular flexibility index (Phi) is 6.32.